The van der Waals surface area contributed by atoms with Crippen LogP contribution < -0.4 is 9.62 Å². The van der Waals surface area contributed by atoms with Crippen molar-refractivity contribution < 1.29 is 18.3 Å². The van der Waals surface area contributed by atoms with Gasteiger partial charge in [0, 0.05) is 24.3 Å². The molecule has 0 saturated heterocycles. The van der Waals surface area contributed by atoms with E-state index in [-0.39, 0.29) is 11.3 Å². The lowest BCUT2D eigenvalue weighted by Crippen LogP contribution is -2.40. The van der Waals surface area contributed by atoms with Crippen LogP contribution >= 0.6 is 15.9 Å². The number of nitrogens with one attached hydrogen (secondary N) is 1. The Balaban J connectivity index is 3.12. The highest BCUT2D eigenvalue weighted by Gasteiger charge is 2.26. The molecular weight excluding hydrogens is 372 g/mol. The first-order valence-corrected chi connectivity index (χ1v) is 9.18. The van der Waals surface area contributed by atoms with Gasteiger partial charge in [0.05, 0.1) is 4.90 Å². The minimum absolute atomic E-state index is 0.0291. The fraction of sp³-hybridized carbons (Fsp3) is 0.500. The van der Waals surface area contributed by atoms with E-state index in [0.717, 1.165) is 6.42 Å². The van der Waals surface area contributed by atoms with Gasteiger partial charge in [-0.05, 0) is 40.5 Å². The zero-order chi connectivity index (χ0) is 16.9. The van der Waals surface area contributed by atoms with Crippen molar-refractivity contribution in [2.75, 3.05) is 19.0 Å². The van der Waals surface area contributed by atoms with E-state index in [4.69, 9.17) is 0 Å². The number of carboxylic acid groups (broad SMARTS) is 1. The second-order valence-electron chi connectivity index (χ2n) is 5.16. The number of unbranched alkanes of at least 4 members (excludes halogenated alkanes) is 1. The van der Waals surface area contributed by atoms with Crippen molar-refractivity contribution in [3.63, 3.8) is 0 Å². The molecule has 1 aromatic carbocycles. The highest BCUT2D eigenvalue weighted by Crippen LogP contribution is 2.27. The summed E-state index contributed by atoms with van der Waals surface area (Å²) < 4.78 is 27.6. The molecule has 0 amide bonds. The number of halogens is 1. The van der Waals surface area contributed by atoms with Gasteiger partial charge in [-0.25, -0.2) is 8.42 Å². The van der Waals surface area contributed by atoms with Crippen LogP contribution in [0.1, 0.15) is 26.2 Å². The van der Waals surface area contributed by atoms with Gasteiger partial charge < -0.3 is 10.0 Å². The smallest absolute Gasteiger partial charge is 0.321 e. The Hall–Kier alpha value is -1.12. The molecule has 0 heterocycles. The second kappa shape index (κ2) is 7.94. The topological polar surface area (TPSA) is 86.7 Å². The molecule has 0 aromatic heterocycles. The van der Waals surface area contributed by atoms with Crippen molar-refractivity contribution in [2.45, 2.75) is 37.1 Å². The minimum Gasteiger partial charge on any atom is -0.480 e. The molecule has 0 bridgehead atoms. The Labute approximate surface area is 139 Å². The predicted octanol–water partition coefficient (Wildman–Crippen LogP) is 2.44. The van der Waals surface area contributed by atoms with Gasteiger partial charge in [0.15, 0.2) is 0 Å². The van der Waals surface area contributed by atoms with Crippen LogP contribution in [0.25, 0.3) is 0 Å². The first-order chi connectivity index (χ1) is 10.2. The monoisotopic (exact) mass is 392 g/mol. The van der Waals surface area contributed by atoms with Crippen molar-refractivity contribution in [1.82, 2.24) is 4.72 Å². The lowest BCUT2D eigenvalue weighted by Gasteiger charge is -2.18. The molecule has 1 aromatic rings. The number of carbonyl (C=O) groups is 1. The molecule has 8 heteroatoms. The third-order valence-corrected chi connectivity index (χ3v) is 5.63. The molecule has 6 nitrogen and oxygen atoms in total. The Morgan fingerprint density at radius 2 is 2.05 bits per heavy atom. The average Bonchev–Trinajstić information content (AvgIpc) is 2.43. The Bertz CT molecular complexity index is 632. The standard InChI is InChI=1S/C14H21BrN2O4S/c1-4-5-6-12(14(18)19)16-22(20,21)13-9-10(17(2)3)7-8-11(13)15/h7-9,12,16H,4-6H2,1-3H3,(H,18,19)/t12-/m0/s1. The van der Waals surface area contributed by atoms with Crippen LogP contribution in [0.5, 0.6) is 0 Å². The van der Waals surface area contributed by atoms with E-state index >= 15 is 0 Å². The maximum Gasteiger partial charge on any atom is 0.321 e. The quantitative estimate of drug-likeness (QED) is 0.709. The molecule has 2 N–H and O–H groups in total. The molecule has 0 unspecified atom stereocenters. The summed E-state index contributed by atoms with van der Waals surface area (Å²) in [5.41, 5.74) is 0.712. The van der Waals surface area contributed by atoms with E-state index in [9.17, 15) is 18.3 Å². The van der Waals surface area contributed by atoms with Crippen LogP contribution in [0.15, 0.2) is 27.6 Å². The van der Waals surface area contributed by atoms with Gasteiger partial charge in [-0.1, -0.05) is 19.8 Å². The molecule has 1 rings (SSSR count). The molecule has 0 aliphatic heterocycles. The SMILES string of the molecule is CCCC[C@H](NS(=O)(=O)c1cc(N(C)C)ccc1Br)C(=O)O. The lowest BCUT2D eigenvalue weighted by atomic mass is 10.1. The van der Waals surface area contributed by atoms with Crippen LogP contribution in [0.3, 0.4) is 0 Å². The van der Waals surface area contributed by atoms with Crippen LogP contribution in [0, 0.1) is 0 Å². The highest BCUT2D eigenvalue weighted by molar-refractivity contribution is 9.10. The largest absolute Gasteiger partial charge is 0.480 e. The van der Waals surface area contributed by atoms with Gasteiger partial charge in [0.2, 0.25) is 10.0 Å². The summed E-state index contributed by atoms with van der Waals surface area (Å²) in [7, 11) is -0.326. The zero-order valence-corrected chi connectivity index (χ0v) is 15.2. The normalized spacial score (nSPS) is 12.9. The van der Waals surface area contributed by atoms with E-state index in [0.29, 0.717) is 16.6 Å². The summed E-state index contributed by atoms with van der Waals surface area (Å²) in [5, 5.41) is 9.18. The summed E-state index contributed by atoms with van der Waals surface area (Å²) in [5.74, 6) is -1.17. The van der Waals surface area contributed by atoms with Gasteiger partial charge in [0.1, 0.15) is 6.04 Å². The zero-order valence-electron chi connectivity index (χ0n) is 12.8. The van der Waals surface area contributed by atoms with Gasteiger partial charge in [-0.3, -0.25) is 4.79 Å². The number of hydrogen-bond donors (Lipinski definition) is 2. The highest BCUT2D eigenvalue weighted by atomic mass is 79.9. The third kappa shape index (κ3) is 4.96. The van der Waals surface area contributed by atoms with E-state index in [1.807, 2.05) is 6.92 Å². The number of nitrogens with zero attached hydrogens (tertiary/aromatic N) is 1. The van der Waals surface area contributed by atoms with Crippen LogP contribution in [-0.2, 0) is 14.8 Å². The van der Waals surface area contributed by atoms with E-state index in [1.54, 1.807) is 31.1 Å². The predicted molar refractivity (Wildman–Crippen MR) is 89.7 cm³/mol. The summed E-state index contributed by atoms with van der Waals surface area (Å²) >= 11 is 3.21. The fourth-order valence-electron chi connectivity index (χ4n) is 1.87. The number of aliphatic carboxylic acids is 1. The average molecular weight is 393 g/mol. The number of carboxylic acids is 1. The maximum absolute atomic E-state index is 12.5. The molecule has 0 fully saturated rings. The van der Waals surface area contributed by atoms with Crippen molar-refractivity contribution in [2.24, 2.45) is 0 Å². The summed E-state index contributed by atoms with van der Waals surface area (Å²) in [6.45, 7) is 1.92. The van der Waals surface area contributed by atoms with Crippen molar-refractivity contribution in [1.29, 1.82) is 0 Å². The Morgan fingerprint density at radius 1 is 1.41 bits per heavy atom. The van der Waals surface area contributed by atoms with E-state index in [1.165, 1.54) is 6.07 Å². The fourth-order valence-corrected chi connectivity index (χ4v) is 4.07. The van der Waals surface area contributed by atoms with Gasteiger partial charge in [-0.15, -0.1) is 0 Å². The molecule has 0 aliphatic carbocycles. The van der Waals surface area contributed by atoms with Crippen molar-refractivity contribution >= 4 is 37.6 Å². The molecular formula is C14H21BrN2O4S. The molecule has 22 heavy (non-hydrogen) atoms. The summed E-state index contributed by atoms with van der Waals surface area (Å²) in [4.78, 5) is 13.0. The van der Waals surface area contributed by atoms with Crippen LogP contribution in [0.2, 0.25) is 0 Å². The molecule has 0 spiro atoms. The summed E-state index contributed by atoms with van der Waals surface area (Å²) in [6, 6.07) is 3.78. The van der Waals surface area contributed by atoms with E-state index < -0.39 is 22.0 Å². The molecule has 0 saturated carbocycles. The number of rotatable bonds is 8. The van der Waals surface area contributed by atoms with Crippen molar-refractivity contribution in [3.8, 4) is 0 Å². The van der Waals surface area contributed by atoms with Crippen molar-refractivity contribution in [3.05, 3.63) is 22.7 Å². The second-order valence-corrected chi connectivity index (χ2v) is 7.70. The van der Waals surface area contributed by atoms with Gasteiger partial charge >= 0.3 is 5.97 Å². The molecule has 124 valence electrons. The molecule has 0 aliphatic rings. The third-order valence-electron chi connectivity index (χ3n) is 3.16. The van der Waals surface area contributed by atoms with Gasteiger partial charge in [0.25, 0.3) is 0 Å². The summed E-state index contributed by atoms with van der Waals surface area (Å²) in [6.07, 6.45) is 1.69. The first-order valence-electron chi connectivity index (χ1n) is 6.91. The van der Waals surface area contributed by atoms with E-state index in [2.05, 4.69) is 20.7 Å². The number of benzene rings is 1. The lowest BCUT2D eigenvalue weighted by molar-refractivity contribution is -0.139. The minimum atomic E-state index is -3.93. The van der Waals surface area contributed by atoms with Crippen LogP contribution in [-0.4, -0.2) is 39.6 Å². The molecule has 0 radical (unpaired) electrons. The number of anilines is 1. The number of hydrogen-bond acceptors (Lipinski definition) is 4. The first kappa shape index (κ1) is 18.9. The molecule has 1 atom stereocenters. The Morgan fingerprint density at radius 3 is 2.55 bits per heavy atom. The maximum atomic E-state index is 12.5. The van der Waals surface area contributed by atoms with Gasteiger partial charge in [-0.2, -0.15) is 4.72 Å². The van der Waals surface area contributed by atoms with Crippen LogP contribution in [0.4, 0.5) is 5.69 Å². The Kier molecular flexibility index (Phi) is 6.83. The number of sulfonamides is 1.